The van der Waals surface area contributed by atoms with Crippen molar-refractivity contribution in [1.82, 2.24) is 19.3 Å². The van der Waals surface area contributed by atoms with Gasteiger partial charge in [-0.3, -0.25) is 4.72 Å². The fraction of sp³-hybridized carbons (Fsp3) is 0.571. The maximum atomic E-state index is 12.6. The van der Waals surface area contributed by atoms with Crippen molar-refractivity contribution in [2.75, 3.05) is 4.72 Å². The summed E-state index contributed by atoms with van der Waals surface area (Å²) < 4.78 is 31.3. The average molecular weight is 323 g/mol. The summed E-state index contributed by atoms with van der Waals surface area (Å²) in [6.45, 7) is 6.73. The summed E-state index contributed by atoms with van der Waals surface area (Å²) >= 11 is 0. The van der Waals surface area contributed by atoms with Crippen molar-refractivity contribution < 1.29 is 8.42 Å². The second-order valence-corrected chi connectivity index (χ2v) is 8.18. The summed E-state index contributed by atoms with van der Waals surface area (Å²) in [6.07, 6.45) is 6.15. The number of aromatic nitrogens is 4. The van der Waals surface area contributed by atoms with Gasteiger partial charge in [0.05, 0.1) is 11.7 Å². The van der Waals surface area contributed by atoms with Crippen molar-refractivity contribution in [3.63, 3.8) is 0 Å². The third-order valence-electron chi connectivity index (χ3n) is 3.68. The van der Waals surface area contributed by atoms with Crippen LogP contribution in [-0.4, -0.2) is 27.7 Å². The molecule has 120 valence electrons. The molecule has 0 atom stereocenters. The molecule has 2 aromatic heterocycles. The summed E-state index contributed by atoms with van der Waals surface area (Å²) in [5.41, 5.74) is -0.311. The fourth-order valence-electron chi connectivity index (χ4n) is 2.62. The molecule has 8 heteroatoms. The molecule has 0 bridgehead atoms. The van der Waals surface area contributed by atoms with E-state index in [2.05, 4.69) is 14.8 Å². The highest BCUT2D eigenvalue weighted by atomic mass is 32.2. The van der Waals surface area contributed by atoms with Crippen molar-refractivity contribution in [3.05, 3.63) is 24.3 Å². The van der Waals surface area contributed by atoms with Gasteiger partial charge in [0, 0.05) is 25.2 Å². The minimum Gasteiger partial charge on any atom is -0.333 e. The van der Waals surface area contributed by atoms with E-state index in [0.717, 1.165) is 31.6 Å². The lowest BCUT2D eigenvalue weighted by Gasteiger charge is -2.22. The standard InChI is InChI=1S/C14H21N5O2S/c1-14(2,3)19-12(7-8-15-19)17-22(20,21)13-10-18-9-5-4-6-11(18)16-13/h7-8,10,17H,4-6,9H2,1-3H3. The summed E-state index contributed by atoms with van der Waals surface area (Å²) in [4.78, 5) is 4.28. The number of fused-ring (bicyclic) bond motifs is 1. The van der Waals surface area contributed by atoms with E-state index >= 15 is 0 Å². The van der Waals surface area contributed by atoms with Crippen LogP contribution in [0.5, 0.6) is 0 Å². The van der Waals surface area contributed by atoms with Crippen LogP contribution >= 0.6 is 0 Å². The third-order valence-corrected chi connectivity index (χ3v) is 4.90. The molecule has 0 spiro atoms. The van der Waals surface area contributed by atoms with Crippen LogP contribution in [0.3, 0.4) is 0 Å². The van der Waals surface area contributed by atoms with Crippen LogP contribution < -0.4 is 4.72 Å². The molecule has 0 aliphatic carbocycles. The van der Waals surface area contributed by atoms with Crippen LogP contribution in [0.2, 0.25) is 0 Å². The van der Waals surface area contributed by atoms with Crippen molar-refractivity contribution in [3.8, 4) is 0 Å². The molecule has 22 heavy (non-hydrogen) atoms. The molecular formula is C14H21N5O2S. The minimum absolute atomic E-state index is 0.0751. The Morgan fingerprint density at radius 3 is 2.73 bits per heavy atom. The van der Waals surface area contributed by atoms with Gasteiger partial charge in [-0.15, -0.1) is 0 Å². The second kappa shape index (κ2) is 5.12. The summed E-state index contributed by atoms with van der Waals surface area (Å²) in [6, 6.07) is 1.65. The second-order valence-electron chi connectivity index (χ2n) is 6.55. The Bertz CT molecular complexity index is 759. The molecule has 1 aliphatic heterocycles. The first-order valence-corrected chi connectivity index (χ1v) is 8.89. The number of imidazole rings is 1. The molecule has 3 rings (SSSR count). The Balaban J connectivity index is 1.91. The number of sulfonamides is 1. The molecule has 0 radical (unpaired) electrons. The van der Waals surface area contributed by atoms with Crippen LogP contribution in [0, 0.1) is 0 Å². The van der Waals surface area contributed by atoms with E-state index in [1.54, 1.807) is 23.1 Å². The smallest absolute Gasteiger partial charge is 0.282 e. The van der Waals surface area contributed by atoms with Gasteiger partial charge >= 0.3 is 0 Å². The molecular weight excluding hydrogens is 302 g/mol. The molecule has 7 nitrogen and oxygen atoms in total. The van der Waals surface area contributed by atoms with Crippen molar-refractivity contribution in [2.45, 2.75) is 57.1 Å². The maximum Gasteiger partial charge on any atom is 0.282 e. The van der Waals surface area contributed by atoms with Crippen molar-refractivity contribution in [2.24, 2.45) is 0 Å². The van der Waals surface area contributed by atoms with Crippen LogP contribution in [0.25, 0.3) is 0 Å². The van der Waals surface area contributed by atoms with Crippen LogP contribution in [0.15, 0.2) is 23.5 Å². The Morgan fingerprint density at radius 2 is 2.05 bits per heavy atom. The van der Waals surface area contributed by atoms with Crippen LogP contribution in [-0.2, 0) is 28.5 Å². The van der Waals surface area contributed by atoms with Gasteiger partial charge in [0.2, 0.25) is 0 Å². The quantitative estimate of drug-likeness (QED) is 0.936. The molecule has 0 saturated carbocycles. The zero-order chi connectivity index (χ0) is 16.0. The van der Waals surface area contributed by atoms with Crippen molar-refractivity contribution in [1.29, 1.82) is 0 Å². The first-order chi connectivity index (χ1) is 10.3. The van der Waals surface area contributed by atoms with Crippen LogP contribution in [0.4, 0.5) is 5.82 Å². The van der Waals surface area contributed by atoms with Gasteiger partial charge in [-0.25, -0.2) is 9.67 Å². The highest BCUT2D eigenvalue weighted by molar-refractivity contribution is 7.92. The zero-order valence-electron chi connectivity index (χ0n) is 13.1. The van der Waals surface area contributed by atoms with E-state index in [-0.39, 0.29) is 10.6 Å². The largest absolute Gasteiger partial charge is 0.333 e. The Kier molecular flexibility index (Phi) is 3.51. The van der Waals surface area contributed by atoms with Gasteiger partial charge in [0.1, 0.15) is 11.6 Å². The normalized spacial score (nSPS) is 15.6. The molecule has 1 aliphatic rings. The highest BCUT2D eigenvalue weighted by Gasteiger charge is 2.25. The molecule has 0 unspecified atom stereocenters. The van der Waals surface area contributed by atoms with Crippen LogP contribution in [0.1, 0.15) is 39.4 Å². The molecule has 1 N–H and O–H groups in total. The topological polar surface area (TPSA) is 81.8 Å². The number of anilines is 1. The maximum absolute atomic E-state index is 12.6. The fourth-order valence-corrected chi connectivity index (χ4v) is 3.65. The number of hydrogen-bond donors (Lipinski definition) is 1. The number of aryl methyl sites for hydroxylation is 2. The van der Waals surface area contributed by atoms with Gasteiger partial charge < -0.3 is 4.57 Å². The van der Waals surface area contributed by atoms with Gasteiger partial charge in [0.15, 0.2) is 5.03 Å². The zero-order valence-corrected chi connectivity index (χ0v) is 13.9. The van der Waals surface area contributed by atoms with Gasteiger partial charge in [-0.05, 0) is 33.6 Å². The lowest BCUT2D eigenvalue weighted by atomic mass is 10.1. The lowest BCUT2D eigenvalue weighted by molar-refractivity contribution is 0.361. The summed E-state index contributed by atoms with van der Waals surface area (Å²) in [7, 11) is -3.70. The van der Waals surface area contributed by atoms with Crippen molar-refractivity contribution >= 4 is 15.8 Å². The SMILES string of the molecule is CC(C)(C)n1nccc1NS(=O)(=O)c1cn2c(n1)CCCC2. The average Bonchev–Trinajstić information content (AvgIpc) is 3.03. The predicted molar refractivity (Wildman–Crippen MR) is 83.2 cm³/mol. The molecule has 0 fully saturated rings. The number of rotatable bonds is 3. The molecule has 0 amide bonds. The lowest BCUT2D eigenvalue weighted by Crippen LogP contribution is -2.26. The molecule has 3 heterocycles. The number of hydrogen-bond acceptors (Lipinski definition) is 4. The number of nitrogens with zero attached hydrogens (tertiary/aromatic N) is 4. The molecule has 0 saturated heterocycles. The molecule has 0 aromatic carbocycles. The van der Waals surface area contributed by atoms with Gasteiger partial charge in [0.25, 0.3) is 10.0 Å². The van der Waals surface area contributed by atoms with E-state index in [1.165, 1.54) is 0 Å². The predicted octanol–water partition coefficient (Wildman–Crippen LogP) is 1.97. The number of nitrogens with one attached hydrogen (secondary N) is 1. The van der Waals surface area contributed by atoms with E-state index in [4.69, 9.17) is 0 Å². The van der Waals surface area contributed by atoms with Gasteiger partial charge in [-0.1, -0.05) is 0 Å². The van der Waals surface area contributed by atoms with E-state index in [9.17, 15) is 8.42 Å². The first-order valence-electron chi connectivity index (χ1n) is 7.41. The Morgan fingerprint density at radius 1 is 1.27 bits per heavy atom. The summed E-state index contributed by atoms with van der Waals surface area (Å²) in [5.74, 6) is 1.29. The third kappa shape index (κ3) is 2.75. The minimum atomic E-state index is -3.70. The van der Waals surface area contributed by atoms with E-state index in [1.807, 2.05) is 25.3 Å². The Labute approximate surface area is 130 Å². The highest BCUT2D eigenvalue weighted by Crippen LogP contribution is 2.23. The first kappa shape index (κ1) is 15.1. The van der Waals surface area contributed by atoms with E-state index < -0.39 is 10.0 Å². The monoisotopic (exact) mass is 323 g/mol. The van der Waals surface area contributed by atoms with Gasteiger partial charge in [-0.2, -0.15) is 13.5 Å². The molecule has 2 aromatic rings. The summed E-state index contributed by atoms with van der Waals surface area (Å²) in [5, 5.41) is 4.27. The van der Waals surface area contributed by atoms with E-state index in [0.29, 0.717) is 5.82 Å². The Hall–Kier alpha value is -1.83.